The van der Waals surface area contributed by atoms with Crippen molar-refractivity contribution in [3.05, 3.63) is 136 Å². The summed E-state index contributed by atoms with van der Waals surface area (Å²) >= 11 is 0. The number of furan rings is 1. The van der Waals surface area contributed by atoms with Gasteiger partial charge in [0, 0.05) is 33.8 Å². The van der Waals surface area contributed by atoms with Gasteiger partial charge in [0.15, 0.2) is 0 Å². The second kappa shape index (κ2) is 12.5. The van der Waals surface area contributed by atoms with E-state index in [0.29, 0.717) is 0 Å². The summed E-state index contributed by atoms with van der Waals surface area (Å²) < 4.78 is 6.83. The maximum absolute atomic E-state index is 6.83. The normalized spacial score (nSPS) is 18.7. The van der Waals surface area contributed by atoms with Gasteiger partial charge < -0.3 is 14.2 Å². The van der Waals surface area contributed by atoms with Crippen LogP contribution in [0.1, 0.15) is 140 Å². The van der Waals surface area contributed by atoms with Crippen LogP contribution < -0.4 is 26.2 Å². The molecule has 11 rings (SSSR count). The molecular formula is C58H63BN2O. The summed E-state index contributed by atoms with van der Waals surface area (Å²) in [5, 5.41) is 2.38. The van der Waals surface area contributed by atoms with Gasteiger partial charge in [-0.1, -0.05) is 119 Å². The summed E-state index contributed by atoms with van der Waals surface area (Å²) in [7, 11) is 0. The maximum Gasteiger partial charge on any atom is 0.252 e. The van der Waals surface area contributed by atoms with E-state index in [1.54, 1.807) is 0 Å². The third kappa shape index (κ3) is 5.43. The van der Waals surface area contributed by atoms with Crippen LogP contribution in [0.4, 0.5) is 34.1 Å². The highest BCUT2D eigenvalue weighted by atomic mass is 16.3. The Morgan fingerprint density at radius 1 is 0.532 bits per heavy atom. The van der Waals surface area contributed by atoms with Crippen molar-refractivity contribution in [2.24, 2.45) is 0 Å². The largest absolute Gasteiger partial charge is 0.456 e. The lowest BCUT2D eigenvalue weighted by molar-refractivity contribution is 0.332. The van der Waals surface area contributed by atoms with Gasteiger partial charge in [0.05, 0.1) is 11.1 Å². The zero-order chi connectivity index (χ0) is 43.8. The Morgan fingerprint density at radius 2 is 1.13 bits per heavy atom. The number of aryl methyl sites for hydroxylation is 3. The van der Waals surface area contributed by atoms with Gasteiger partial charge in [0.2, 0.25) is 0 Å². The number of nitrogens with zero attached hydrogens (tertiary/aromatic N) is 2. The molecule has 7 aromatic rings. The summed E-state index contributed by atoms with van der Waals surface area (Å²) in [6.45, 7) is 33.6. The number of hydrogen-bond acceptors (Lipinski definition) is 3. The molecule has 4 aliphatic rings. The molecule has 314 valence electrons. The smallest absolute Gasteiger partial charge is 0.252 e. The number of fused-ring (bicyclic) bond motifs is 10. The van der Waals surface area contributed by atoms with E-state index < -0.39 is 0 Å². The standard InChI is InChI=1S/C58H63BN2O/c1-33-25-47-52-48(26-33)61(44-18-16-15-17-34(44)2)53-42(20-22-50-51(53)37-28-36(54(4,5)6)19-21-49(37)62-50)59(52)43-29-39-41(58(13,14)32-57(39,11)12)31-46(43)60(47)45-30-40-38(27-35(45)3)55(7,8)23-24-56(40,9)10/h15-22,25-31H,23-24,32H2,1-14H3. The van der Waals surface area contributed by atoms with Crippen molar-refractivity contribution in [3.63, 3.8) is 0 Å². The number of benzene rings is 6. The zero-order valence-electron chi connectivity index (χ0n) is 39.7. The van der Waals surface area contributed by atoms with Gasteiger partial charge in [-0.25, -0.2) is 0 Å². The minimum absolute atomic E-state index is 0.00650. The third-order valence-corrected chi connectivity index (χ3v) is 15.9. The first-order chi connectivity index (χ1) is 29.1. The summed E-state index contributed by atoms with van der Waals surface area (Å²) in [6, 6.07) is 35.9. The predicted octanol–water partition coefficient (Wildman–Crippen LogP) is 14.2. The molecule has 1 aromatic heterocycles. The van der Waals surface area contributed by atoms with Crippen LogP contribution in [-0.2, 0) is 27.1 Å². The van der Waals surface area contributed by atoms with Gasteiger partial charge in [0.25, 0.3) is 6.71 Å². The van der Waals surface area contributed by atoms with Gasteiger partial charge in [-0.3, -0.25) is 0 Å². The molecule has 0 saturated heterocycles. The molecule has 0 saturated carbocycles. The molecule has 2 aliphatic carbocycles. The summed E-state index contributed by atoms with van der Waals surface area (Å²) in [5.74, 6) is 0. The van der Waals surface area contributed by atoms with Crippen molar-refractivity contribution in [3.8, 4) is 0 Å². The van der Waals surface area contributed by atoms with E-state index in [4.69, 9.17) is 4.42 Å². The molecule has 3 nitrogen and oxygen atoms in total. The zero-order valence-corrected chi connectivity index (χ0v) is 39.7. The minimum atomic E-state index is -0.00650. The van der Waals surface area contributed by atoms with Gasteiger partial charge in [-0.05, 0) is 177 Å². The van der Waals surface area contributed by atoms with E-state index in [1.165, 1.54) is 119 Å². The van der Waals surface area contributed by atoms with E-state index in [1.807, 2.05) is 0 Å². The fourth-order valence-electron chi connectivity index (χ4n) is 12.7. The monoisotopic (exact) mass is 815 g/mol. The maximum atomic E-state index is 6.83. The molecule has 0 spiro atoms. The lowest BCUT2D eigenvalue weighted by atomic mass is 9.33. The van der Waals surface area contributed by atoms with E-state index in [-0.39, 0.29) is 33.8 Å². The molecule has 4 heteroatoms. The molecule has 3 heterocycles. The highest BCUT2D eigenvalue weighted by molar-refractivity contribution is 7.00. The van der Waals surface area contributed by atoms with Crippen molar-refractivity contribution in [2.75, 3.05) is 9.80 Å². The van der Waals surface area contributed by atoms with Crippen LogP contribution in [0, 0.1) is 20.8 Å². The van der Waals surface area contributed by atoms with E-state index >= 15 is 0 Å². The van der Waals surface area contributed by atoms with Gasteiger partial charge in [-0.15, -0.1) is 0 Å². The molecule has 0 bridgehead atoms. The minimum Gasteiger partial charge on any atom is -0.456 e. The Hall–Kier alpha value is -5.22. The third-order valence-electron chi connectivity index (χ3n) is 15.9. The van der Waals surface area contributed by atoms with Crippen molar-refractivity contribution in [1.29, 1.82) is 0 Å². The predicted molar refractivity (Wildman–Crippen MR) is 267 cm³/mol. The first kappa shape index (κ1) is 39.6. The molecule has 0 atom stereocenters. The molecule has 2 aliphatic heterocycles. The fraction of sp³-hybridized carbons (Fsp3) is 0.379. The number of anilines is 6. The lowest BCUT2D eigenvalue weighted by Gasteiger charge is -2.46. The molecule has 62 heavy (non-hydrogen) atoms. The Balaban J connectivity index is 1.30. The average Bonchev–Trinajstić information content (AvgIpc) is 3.65. The molecule has 0 radical (unpaired) electrons. The van der Waals surface area contributed by atoms with Crippen LogP contribution in [-0.4, -0.2) is 6.71 Å². The molecule has 0 amide bonds. The Morgan fingerprint density at radius 3 is 1.81 bits per heavy atom. The second-order valence-corrected chi connectivity index (χ2v) is 23.4. The van der Waals surface area contributed by atoms with Crippen LogP contribution >= 0.6 is 0 Å². The van der Waals surface area contributed by atoms with E-state index in [9.17, 15) is 0 Å². The Kier molecular flexibility index (Phi) is 7.98. The first-order valence-corrected chi connectivity index (χ1v) is 23.2. The van der Waals surface area contributed by atoms with Crippen LogP contribution in [0.15, 0.2) is 95.4 Å². The SMILES string of the molecule is Cc1cc2c3c(c1)N(c1ccccc1C)c1c(ccc4oc5ccc(C(C)(C)C)cc5c14)B3c1cc3c(cc1N2c1cc2c(cc1C)C(C)(C)CCC2(C)C)C(C)(C)CC3(C)C. The molecule has 6 aromatic carbocycles. The van der Waals surface area contributed by atoms with Crippen LogP contribution in [0.25, 0.3) is 21.9 Å². The summed E-state index contributed by atoms with van der Waals surface area (Å²) in [4.78, 5) is 5.32. The van der Waals surface area contributed by atoms with Crippen LogP contribution in [0.5, 0.6) is 0 Å². The van der Waals surface area contributed by atoms with Crippen molar-refractivity contribution < 1.29 is 4.42 Å². The Bertz CT molecular complexity index is 3090. The Labute approximate surface area is 370 Å². The van der Waals surface area contributed by atoms with Crippen molar-refractivity contribution in [2.45, 2.75) is 143 Å². The molecule has 0 N–H and O–H groups in total. The van der Waals surface area contributed by atoms with Gasteiger partial charge in [0.1, 0.15) is 11.2 Å². The van der Waals surface area contributed by atoms with Gasteiger partial charge in [-0.2, -0.15) is 0 Å². The van der Waals surface area contributed by atoms with Gasteiger partial charge >= 0.3 is 0 Å². The number of hydrogen-bond donors (Lipinski definition) is 0. The highest BCUT2D eigenvalue weighted by Crippen LogP contribution is 2.55. The van der Waals surface area contributed by atoms with E-state index in [0.717, 1.165) is 17.6 Å². The highest BCUT2D eigenvalue weighted by Gasteiger charge is 2.49. The topological polar surface area (TPSA) is 19.6 Å². The second-order valence-electron chi connectivity index (χ2n) is 23.4. The van der Waals surface area contributed by atoms with Crippen LogP contribution in [0.2, 0.25) is 0 Å². The number of rotatable bonds is 2. The lowest BCUT2D eigenvalue weighted by Crippen LogP contribution is -2.61. The molecule has 0 unspecified atom stereocenters. The van der Waals surface area contributed by atoms with Crippen molar-refractivity contribution >= 4 is 79.2 Å². The fourth-order valence-corrected chi connectivity index (χ4v) is 12.7. The number of para-hydroxylation sites is 1. The van der Waals surface area contributed by atoms with E-state index in [2.05, 4.69) is 198 Å². The summed E-state index contributed by atoms with van der Waals surface area (Å²) in [5.41, 5.74) is 25.1. The molecule has 0 fully saturated rings. The summed E-state index contributed by atoms with van der Waals surface area (Å²) in [6.07, 6.45) is 3.51. The molecular weight excluding hydrogens is 751 g/mol. The average molecular weight is 815 g/mol. The quantitative estimate of drug-likeness (QED) is 0.162. The van der Waals surface area contributed by atoms with Crippen molar-refractivity contribution in [1.82, 2.24) is 0 Å². The van der Waals surface area contributed by atoms with Crippen LogP contribution in [0.3, 0.4) is 0 Å². The first-order valence-electron chi connectivity index (χ1n) is 23.2.